The van der Waals surface area contributed by atoms with Gasteiger partial charge >= 0.3 is 0 Å². The molecule has 0 aliphatic carbocycles. The predicted molar refractivity (Wildman–Crippen MR) is 81.0 cm³/mol. The number of benzene rings is 2. The Balaban J connectivity index is 2.28. The molecule has 0 fully saturated rings. The van der Waals surface area contributed by atoms with Crippen LogP contribution >= 0.6 is 27.5 Å². The Morgan fingerprint density at radius 2 is 1.95 bits per heavy atom. The van der Waals surface area contributed by atoms with Crippen molar-refractivity contribution in [1.29, 1.82) is 0 Å². The highest BCUT2D eigenvalue weighted by Gasteiger charge is 2.14. The van der Waals surface area contributed by atoms with Gasteiger partial charge in [0.05, 0.1) is 5.02 Å². The number of halogens is 4. The summed E-state index contributed by atoms with van der Waals surface area (Å²) in [6, 6.07) is 8.88. The van der Waals surface area contributed by atoms with Gasteiger partial charge in [0.25, 0.3) is 0 Å². The van der Waals surface area contributed by atoms with Gasteiger partial charge in [0.1, 0.15) is 11.6 Å². The summed E-state index contributed by atoms with van der Waals surface area (Å²) in [5.41, 5.74) is 1.26. The SMILES string of the molecule is CNC(Cc1cc(F)ccc1F)c1ccc(Br)c(Cl)c1. The van der Waals surface area contributed by atoms with Gasteiger partial charge < -0.3 is 5.32 Å². The molecule has 0 spiro atoms. The molecule has 1 atom stereocenters. The van der Waals surface area contributed by atoms with Crippen LogP contribution in [0.25, 0.3) is 0 Å². The minimum Gasteiger partial charge on any atom is -0.313 e. The molecule has 5 heteroatoms. The van der Waals surface area contributed by atoms with Crippen LogP contribution in [0.3, 0.4) is 0 Å². The molecule has 2 aromatic carbocycles. The lowest BCUT2D eigenvalue weighted by Gasteiger charge is -2.18. The molecule has 0 aliphatic rings. The zero-order valence-electron chi connectivity index (χ0n) is 10.8. The minimum absolute atomic E-state index is 0.142. The summed E-state index contributed by atoms with van der Waals surface area (Å²) in [5.74, 6) is -0.847. The van der Waals surface area contributed by atoms with E-state index in [1.165, 1.54) is 6.07 Å². The Kier molecular flexibility index (Phi) is 5.13. The molecule has 1 N–H and O–H groups in total. The van der Waals surface area contributed by atoms with Crippen molar-refractivity contribution in [3.8, 4) is 0 Å². The third-order valence-electron chi connectivity index (χ3n) is 3.13. The van der Waals surface area contributed by atoms with Crippen molar-refractivity contribution in [3.05, 3.63) is 68.7 Å². The Bertz CT molecular complexity index is 619. The van der Waals surface area contributed by atoms with E-state index in [-0.39, 0.29) is 6.04 Å². The molecule has 1 unspecified atom stereocenters. The minimum atomic E-state index is -0.440. The zero-order valence-corrected chi connectivity index (χ0v) is 13.1. The van der Waals surface area contributed by atoms with E-state index in [0.29, 0.717) is 17.0 Å². The first kappa shape index (κ1) is 15.4. The van der Waals surface area contributed by atoms with Crippen LogP contribution in [0.5, 0.6) is 0 Å². The molecule has 0 bridgehead atoms. The second-order valence-electron chi connectivity index (χ2n) is 4.45. The van der Waals surface area contributed by atoms with Crippen molar-refractivity contribution in [2.45, 2.75) is 12.5 Å². The van der Waals surface area contributed by atoms with E-state index < -0.39 is 11.6 Å². The summed E-state index contributed by atoms with van der Waals surface area (Å²) in [6.07, 6.45) is 0.345. The zero-order chi connectivity index (χ0) is 14.7. The van der Waals surface area contributed by atoms with Crippen LogP contribution in [0.1, 0.15) is 17.2 Å². The second kappa shape index (κ2) is 6.66. The predicted octanol–water partition coefficient (Wildman–Crippen LogP) is 4.88. The summed E-state index contributed by atoms with van der Waals surface area (Å²) < 4.78 is 27.7. The first-order valence-electron chi connectivity index (χ1n) is 6.07. The largest absolute Gasteiger partial charge is 0.313 e. The van der Waals surface area contributed by atoms with Gasteiger partial charge in [0.15, 0.2) is 0 Å². The van der Waals surface area contributed by atoms with Gasteiger partial charge in [-0.2, -0.15) is 0 Å². The third kappa shape index (κ3) is 3.57. The van der Waals surface area contributed by atoms with Gasteiger partial charge in [0.2, 0.25) is 0 Å². The highest BCUT2D eigenvalue weighted by molar-refractivity contribution is 9.10. The van der Waals surface area contributed by atoms with Crippen molar-refractivity contribution in [2.75, 3.05) is 7.05 Å². The van der Waals surface area contributed by atoms with Crippen molar-refractivity contribution < 1.29 is 8.78 Å². The summed E-state index contributed by atoms with van der Waals surface area (Å²) in [6.45, 7) is 0. The van der Waals surface area contributed by atoms with Crippen LogP contribution < -0.4 is 5.32 Å². The molecule has 20 heavy (non-hydrogen) atoms. The maximum absolute atomic E-state index is 13.7. The number of hydrogen-bond donors (Lipinski definition) is 1. The average molecular weight is 361 g/mol. The molecular weight excluding hydrogens is 348 g/mol. The van der Waals surface area contributed by atoms with Crippen molar-refractivity contribution >= 4 is 27.5 Å². The van der Waals surface area contributed by atoms with E-state index in [4.69, 9.17) is 11.6 Å². The van der Waals surface area contributed by atoms with Crippen LogP contribution in [0, 0.1) is 11.6 Å². The fourth-order valence-corrected chi connectivity index (χ4v) is 2.47. The number of nitrogens with one attached hydrogen (secondary N) is 1. The summed E-state index contributed by atoms with van der Waals surface area (Å²) in [4.78, 5) is 0. The average Bonchev–Trinajstić information content (AvgIpc) is 2.43. The van der Waals surface area contributed by atoms with E-state index in [2.05, 4.69) is 21.2 Å². The molecule has 0 aromatic heterocycles. The van der Waals surface area contributed by atoms with E-state index in [1.54, 1.807) is 7.05 Å². The van der Waals surface area contributed by atoms with E-state index >= 15 is 0 Å². The molecule has 2 rings (SSSR count). The lowest BCUT2D eigenvalue weighted by Crippen LogP contribution is -2.19. The van der Waals surface area contributed by atoms with Crippen molar-refractivity contribution in [3.63, 3.8) is 0 Å². The second-order valence-corrected chi connectivity index (χ2v) is 5.72. The maximum atomic E-state index is 13.7. The molecule has 2 aromatic rings. The highest BCUT2D eigenvalue weighted by Crippen LogP contribution is 2.28. The Labute approximate surface area is 130 Å². The quantitative estimate of drug-likeness (QED) is 0.819. The maximum Gasteiger partial charge on any atom is 0.126 e. The summed E-state index contributed by atoms with van der Waals surface area (Å²) in [7, 11) is 1.78. The van der Waals surface area contributed by atoms with Crippen LogP contribution in [0.2, 0.25) is 5.02 Å². The number of hydrogen-bond acceptors (Lipinski definition) is 1. The van der Waals surface area contributed by atoms with Gasteiger partial charge in [-0.25, -0.2) is 8.78 Å². The van der Waals surface area contributed by atoms with Gasteiger partial charge in [-0.15, -0.1) is 0 Å². The standard InChI is InChI=1S/C15H13BrClF2N/c1-20-15(9-2-4-12(16)13(17)7-9)8-10-6-11(18)3-5-14(10)19/h2-7,15,20H,8H2,1H3. The molecular formula is C15H13BrClF2N. The summed E-state index contributed by atoms with van der Waals surface area (Å²) in [5, 5.41) is 3.68. The highest BCUT2D eigenvalue weighted by atomic mass is 79.9. The molecule has 0 amide bonds. The number of likely N-dealkylation sites (N-methyl/N-ethyl adjacent to an activating group) is 1. The first-order valence-corrected chi connectivity index (χ1v) is 7.24. The van der Waals surface area contributed by atoms with Crippen molar-refractivity contribution in [1.82, 2.24) is 5.32 Å². The Morgan fingerprint density at radius 3 is 2.60 bits per heavy atom. The van der Waals surface area contributed by atoms with E-state index in [0.717, 1.165) is 22.2 Å². The van der Waals surface area contributed by atoms with Gasteiger partial charge in [0, 0.05) is 10.5 Å². The third-order valence-corrected chi connectivity index (χ3v) is 4.36. The molecule has 106 valence electrons. The summed E-state index contributed by atoms with van der Waals surface area (Å²) >= 11 is 9.39. The molecule has 0 aliphatic heterocycles. The first-order chi connectivity index (χ1) is 9.51. The lowest BCUT2D eigenvalue weighted by molar-refractivity contribution is 0.544. The Morgan fingerprint density at radius 1 is 1.20 bits per heavy atom. The van der Waals surface area contributed by atoms with Crippen LogP contribution in [-0.2, 0) is 6.42 Å². The van der Waals surface area contributed by atoms with E-state index in [9.17, 15) is 8.78 Å². The normalized spacial score (nSPS) is 12.4. The van der Waals surface area contributed by atoms with Crippen LogP contribution in [0.15, 0.2) is 40.9 Å². The molecule has 0 heterocycles. The lowest BCUT2D eigenvalue weighted by atomic mass is 9.98. The fraction of sp³-hybridized carbons (Fsp3) is 0.200. The molecule has 0 saturated carbocycles. The van der Waals surface area contributed by atoms with Crippen molar-refractivity contribution in [2.24, 2.45) is 0 Å². The topological polar surface area (TPSA) is 12.0 Å². The Hall–Kier alpha value is -0.970. The van der Waals surface area contributed by atoms with Gasteiger partial charge in [-0.1, -0.05) is 17.7 Å². The molecule has 1 nitrogen and oxygen atoms in total. The molecule has 0 saturated heterocycles. The smallest absolute Gasteiger partial charge is 0.126 e. The van der Waals surface area contributed by atoms with Crippen LogP contribution in [-0.4, -0.2) is 7.05 Å². The number of rotatable bonds is 4. The molecule has 0 radical (unpaired) electrons. The van der Waals surface area contributed by atoms with Gasteiger partial charge in [-0.05, 0) is 70.9 Å². The van der Waals surface area contributed by atoms with E-state index in [1.807, 2.05) is 18.2 Å². The van der Waals surface area contributed by atoms with Crippen LogP contribution in [0.4, 0.5) is 8.78 Å². The van der Waals surface area contributed by atoms with Gasteiger partial charge in [-0.3, -0.25) is 0 Å². The fourth-order valence-electron chi connectivity index (χ4n) is 2.04. The monoisotopic (exact) mass is 359 g/mol.